The Morgan fingerprint density at radius 1 is 1.33 bits per heavy atom. The highest BCUT2D eigenvalue weighted by Crippen LogP contribution is 2.20. The minimum Gasteiger partial charge on any atom is -0.352 e. The van der Waals surface area contributed by atoms with Crippen LogP contribution in [-0.2, 0) is 11.2 Å². The number of amides is 1. The Kier molecular flexibility index (Phi) is 5.24. The zero-order valence-electron chi connectivity index (χ0n) is 15.9. The van der Waals surface area contributed by atoms with Gasteiger partial charge < -0.3 is 10.6 Å². The average Bonchev–Trinajstić information content (AvgIpc) is 3.25. The number of rotatable bonds is 5. The monoisotopic (exact) mass is 368 g/mol. The lowest BCUT2D eigenvalue weighted by Gasteiger charge is -2.28. The van der Waals surface area contributed by atoms with E-state index in [4.69, 9.17) is 0 Å². The largest absolute Gasteiger partial charge is 0.352 e. The fraction of sp³-hybridized carbons (Fsp3) is 0.500. The van der Waals surface area contributed by atoms with Crippen molar-refractivity contribution in [2.45, 2.75) is 44.8 Å². The summed E-state index contributed by atoms with van der Waals surface area (Å²) < 4.78 is 1.97. The number of fused-ring (bicyclic) bond motifs is 1. The van der Waals surface area contributed by atoms with E-state index in [-0.39, 0.29) is 18.0 Å². The van der Waals surface area contributed by atoms with E-state index in [1.807, 2.05) is 41.9 Å². The van der Waals surface area contributed by atoms with E-state index in [9.17, 15) is 4.79 Å². The van der Waals surface area contributed by atoms with Gasteiger partial charge in [0.15, 0.2) is 0 Å². The molecule has 3 heterocycles. The number of nitrogens with zero attached hydrogens (tertiary/aromatic N) is 2. The SMILES string of the molecule is Cc1cc(CC(C)NC(=O)C2NNC3CCNCC32)n(-c2ccccc2)n1. The van der Waals surface area contributed by atoms with Gasteiger partial charge in [-0.15, -0.1) is 0 Å². The van der Waals surface area contributed by atoms with Crippen LogP contribution < -0.4 is 21.5 Å². The predicted octanol–water partition coefficient (Wildman–Crippen LogP) is 0.682. The van der Waals surface area contributed by atoms with Gasteiger partial charge in [0, 0.05) is 36.7 Å². The number of piperidine rings is 1. The van der Waals surface area contributed by atoms with E-state index >= 15 is 0 Å². The van der Waals surface area contributed by atoms with Gasteiger partial charge >= 0.3 is 0 Å². The van der Waals surface area contributed by atoms with E-state index < -0.39 is 0 Å². The molecule has 0 radical (unpaired) electrons. The molecule has 1 aromatic heterocycles. The number of carbonyl (C=O) groups excluding carboxylic acids is 1. The summed E-state index contributed by atoms with van der Waals surface area (Å²) in [5, 5.41) is 11.2. The van der Waals surface area contributed by atoms with Crippen molar-refractivity contribution < 1.29 is 4.79 Å². The van der Waals surface area contributed by atoms with Crippen LogP contribution in [0.5, 0.6) is 0 Å². The maximum absolute atomic E-state index is 12.8. The van der Waals surface area contributed by atoms with Gasteiger partial charge in [-0.1, -0.05) is 18.2 Å². The molecule has 2 fully saturated rings. The quantitative estimate of drug-likeness (QED) is 0.624. The van der Waals surface area contributed by atoms with E-state index in [1.54, 1.807) is 0 Å². The van der Waals surface area contributed by atoms with E-state index in [2.05, 4.69) is 39.6 Å². The first-order valence-electron chi connectivity index (χ1n) is 9.75. The van der Waals surface area contributed by atoms with Gasteiger partial charge in [-0.25, -0.2) is 10.1 Å². The van der Waals surface area contributed by atoms with Gasteiger partial charge in [-0.3, -0.25) is 10.2 Å². The fourth-order valence-corrected chi connectivity index (χ4v) is 4.16. The molecule has 4 N–H and O–H groups in total. The third-order valence-electron chi connectivity index (χ3n) is 5.47. The van der Waals surface area contributed by atoms with Gasteiger partial charge in [-0.05, 0) is 45.0 Å². The molecule has 4 rings (SSSR count). The summed E-state index contributed by atoms with van der Waals surface area (Å²) in [6.45, 7) is 5.92. The van der Waals surface area contributed by atoms with E-state index in [1.165, 1.54) is 0 Å². The number of aromatic nitrogens is 2. The van der Waals surface area contributed by atoms with Gasteiger partial charge in [0.25, 0.3) is 0 Å². The summed E-state index contributed by atoms with van der Waals surface area (Å²) in [7, 11) is 0. The van der Waals surface area contributed by atoms with Crippen LogP contribution in [0.4, 0.5) is 0 Å². The Morgan fingerprint density at radius 3 is 2.96 bits per heavy atom. The Labute approximate surface area is 159 Å². The molecule has 2 aliphatic rings. The molecule has 1 aromatic carbocycles. The Morgan fingerprint density at radius 2 is 2.15 bits per heavy atom. The minimum absolute atomic E-state index is 0.0217. The number of aryl methyl sites for hydroxylation is 1. The summed E-state index contributed by atoms with van der Waals surface area (Å²) in [5.41, 5.74) is 9.58. The number of nitrogens with one attached hydrogen (secondary N) is 4. The van der Waals surface area contributed by atoms with Crippen LogP contribution in [0.3, 0.4) is 0 Å². The van der Waals surface area contributed by atoms with Gasteiger partial charge in [0.2, 0.25) is 5.91 Å². The molecule has 1 amide bonds. The molecule has 0 aliphatic carbocycles. The topological polar surface area (TPSA) is 83.0 Å². The van der Waals surface area contributed by atoms with Crippen molar-refractivity contribution in [2.75, 3.05) is 13.1 Å². The Hall–Kier alpha value is -2.22. The van der Waals surface area contributed by atoms with Crippen molar-refractivity contribution in [3.05, 3.63) is 47.8 Å². The molecule has 0 spiro atoms. The summed E-state index contributed by atoms with van der Waals surface area (Å²) in [5.74, 6) is 0.358. The first kappa shape index (κ1) is 18.2. The highest BCUT2D eigenvalue weighted by molar-refractivity contribution is 5.82. The van der Waals surface area contributed by atoms with Gasteiger partial charge in [0.1, 0.15) is 6.04 Å². The number of hydrazine groups is 1. The van der Waals surface area contributed by atoms with Crippen LogP contribution in [0.25, 0.3) is 5.69 Å². The molecule has 7 heteroatoms. The number of carbonyl (C=O) groups is 1. The number of para-hydroxylation sites is 1. The summed E-state index contributed by atoms with van der Waals surface area (Å²) >= 11 is 0. The summed E-state index contributed by atoms with van der Waals surface area (Å²) in [4.78, 5) is 12.8. The average molecular weight is 368 g/mol. The highest BCUT2D eigenvalue weighted by atomic mass is 16.2. The first-order valence-corrected chi connectivity index (χ1v) is 9.75. The highest BCUT2D eigenvalue weighted by Gasteiger charge is 2.41. The lowest BCUT2D eigenvalue weighted by molar-refractivity contribution is -0.124. The van der Waals surface area contributed by atoms with Crippen LogP contribution >= 0.6 is 0 Å². The van der Waals surface area contributed by atoms with Crippen molar-refractivity contribution in [2.24, 2.45) is 5.92 Å². The van der Waals surface area contributed by atoms with Crippen LogP contribution in [0.15, 0.2) is 36.4 Å². The van der Waals surface area contributed by atoms with Crippen molar-refractivity contribution >= 4 is 5.91 Å². The molecule has 2 aromatic rings. The maximum Gasteiger partial charge on any atom is 0.239 e. The smallest absolute Gasteiger partial charge is 0.239 e. The standard InChI is InChI=1S/C20H28N6O/c1-13(22-20(27)19-17-12-21-9-8-18(17)23-24-19)10-16-11-14(2)25-26(16)15-6-4-3-5-7-15/h3-7,11,13,17-19,21,23-24H,8-10,12H2,1-2H3,(H,22,27). The number of hydrogen-bond acceptors (Lipinski definition) is 5. The molecule has 7 nitrogen and oxygen atoms in total. The fourth-order valence-electron chi connectivity index (χ4n) is 4.16. The lowest BCUT2D eigenvalue weighted by atomic mass is 9.89. The Bertz CT molecular complexity index is 789. The molecular formula is C20H28N6O. The minimum atomic E-state index is -0.189. The molecule has 2 saturated heterocycles. The third-order valence-corrected chi connectivity index (χ3v) is 5.47. The van der Waals surface area contributed by atoms with Crippen molar-refractivity contribution in [1.29, 1.82) is 0 Å². The van der Waals surface area contributed by atoms with E-state index in [0.29, 0.717) is 12.0 Å². The normalized spacial score (nSPS) is 25.8. The van der Waals surface area contributed by atoms with E-state index in [0.717, 1.165) is 43.0 Å². The third kappa shape index (κ3) is 3.90. The molecule has 2 aliphatic heterocycles. The summed E-state index contributed by atoms with van der Waals surface area (Å²) in [6.07, 6.45) is 1.78. The molecular weight excluding hydrogens is 340 g/mol. The van der Waals surface area contributed by atoms with Crippen LogP contribution in [0.2, 0.25) is 0 Å². The Balaban J connectivity index is 1.41. The lowest BCUT2D eigenvalue weighted by Crippen LogP contribution is -2.51. The summed E-state index contributed by atoms with van der Waals surface area (Å²) in [6, 6.07) is 12.4. The molecule has 144 valence electrons. The first-order chi connectivity index (χ1) is 13.1. The number of benzene rings is 1. The molecule has 4 unspecified atom stereocenters. The van der Waals surface area contributed by atoms with Crippen LogP contribution in [0, 0.1) is 12.8 Å². The second-order valence-corrected chi connectivity index (χ2v) is 7.67. The molecule has 0 bridgehead atoms. The maximum atomic E-state index is 12.8. The zero-order chi connectivity index (χ0) is 18.8. The van der Waals surface area contributed by atoms with Crippen molar-refractivity contribution in [3.63, 3.8) is 0 Å². The molecule has 4 atom stereocenters. The second-order valence-electron chi connectivity index (χ2n) is 7.67. The zero-order valence-corrected chi connectivity index (χ0v) is 15.9. The molecule has 27 heavy (non-hydrogen) atoms. The predicted molar refractivity (Wildman–Crippen MR) is 104 cm³/mol. The van der Waals surface area contributed by atoms with Crippen molar-refractivity contribution in [1.82, 2.24) is 31.3 Å². The van der Waals surface area contributed by atoms with Crippen LogP contribution in [0.1, 0.15) is 24.7 Å². The second kappa shape index (κ2) is 7.80. The van der Waals surface area contributed by atoms with Gasteiger partial charge in [0.05, 0.1) is 11.4 Å². The van der Waals surface area contributed by atoms with Gasteiger partial charge in [-0.2, -0.15) is 5.10 Å². The van der Waals surface area contributed by atoms with Crippen LogP contribution in [-0.4, -0.2) is 46.9 Å². The van der Waals surface area contributed by atoms with Crippen molar-refractivity contribution in [3.8, 4) is 5.69 Å². The number of hydrogen-bond donors (Lipinski definition) is 4. The molecule has 0 saturated carbocycles.